The van der Waals surface area contributed by atoms with E-state index in [9.17, 15) is 4.79 Å². The number of likely N-dealkylation sites (tertiary alicyclic amines) is 1. The highest BCUT2D eigenvalue weighted by Gasteiger charge is 2.34. The summed E-state index contributed by atoms with van der Waals surface area (Å²) in [6, 6.07) is 1.26. The standard InChI is InChI=1S/C14H25N3O.2ClH/c18-14(9-11-3-6-15-7-4-11)16-12-5-8-17(10-12)13-1-2-13;;/h11-13,15H,1-10H2,(H,16,18);2*1H. The molecule has 0 aromatic heterocycles. The lowest BCUT2D eigenvalue weighted by molar-refractivity contribution is -0.122. The van der Waals surface area contributed by atoms with Gasteiger partial charge in [0.05, 0.1) is 0 Å². The number of nitrogens with zero attached hydrogens (tertiary/aromatic N) is 1. The number of carbonyl (C=O) groups excluding carboxylic acids is 1. The number of nitrogens with one attached hydrogen (secondary N) is 2. The first-order valence-corrected chi connectivity index (χ1v) is 7.55. The molecule has 2 N–H and O–H groups in total. The van der Waals surface area contributed by atoms with E-state index in [0.717, 1.165) is 51.4 Å². The van der Waals surface area contributed by atoms with Crippen molar-refractivity contribution >= 4 is 30.7 Å². The average Bonchev–Trinajstić information content (AvgIpc) is 3.12. The van der Waals surface area contributed by atoms with Crippen molar-refractivity contribution in [2.45, 2.75) is 50.6 Å². The van der Waals surface area contributed by atoms with Crippen molar-refractivity contribution in [1.29, 1.82) is 0 Å². The zero-order chi connectivity index (χ0) is 12.4. The Balaban J connectivity index is 0.000001000. The summed E-state index contributed by atoms with van der Waals surface area (Å²) >= 11 is 0. The summed E-state index contributed by atoms with van der Waals surface area (Å²) in [6.45, 7) is 4.43. The Morgan fingerprint density at radius 2 is 1.80 bits per heavy atom. The van der Waals surface area contributed by atoms with Crippen LogP contribution >= 0.6 is 24.8 Å². The third-order valence-corrected chi connectivity index (χ3v) is 4.58. The summed E-state index contributed by atoms with van der Waals surface area (Å²) in [5, 5.41) is 6.59. The van der Waals surface area contributed by atoms with Gasteiger partial charge in [0.25, 0.3) is 0 Å². The molecule has 0 aromatic carbocycles. The van der Waals surface area contributed by atoms with Crippen molar-refractivity contribution in [3.8, 4) is 0 Å². The molecule has 2 saturated heterocycles. The first-order valence-electron chi connectivity index (χ1n) is 7.55. The van der Waals surface area contributed by atoms with Crippen LogP contribution in [0.15, 0.2) is 0 Å². The van der Waals surface area contributed by atoms with E-state index in [1.165, 1.54) is 19.4 Å². The first-order chi connectivity index (χ1) is 8.81. The molecule has 3 aliphatic rings. The molecule has 1 unspecified atom stereocenters. The third kappa shape index (κ3) is 5.06. The first kappa shape index (κ1) is 18.0. The molecule has 6 heteroatoms. The average molecular weight is 324 g/mol. The highest BCUT2D eigenvalue weighted by atomic mass is 35.5. The molecule has 2 heterocycles. The Bertz CT molecular complexity index is 307. The minimum absolute atomic E-state index is 0. The van der Waals surface area contributed by atoms with Crippen LogP contribution in [0.1, 0.15) is 38.5 Å². The minimum Gasteiger partial charge on any atom is -0.352 e. The molecule has 1 aliphatic carbocycles. The number of hydrogen-bond acceptors (Lipinski definition) is 3. The van der Waals surface area contributed by atoms with Crippen molar-refractivity contribution < 1.29 is 4.79 Å². The van der Waals surface area contributed by atoms with Crippen LogP contribution in [0.5, 0.6) is 0 Å². The van der Waals surface area contributed by atoms with Gasteiger partial charge in [-0.1, -0.05) is 0 Å². The van der Waals surface area contributed by atoms with Crippen LogP contribution in [-0.2, 0) is 4.79 Å². The second kappa shape index (κ2) is 8.42. The maximum absolute atomic E-state index is 12.0. The van der Waals surface area contributed by atoms with Crippen LogP contribution in [0.25, 0.3) is 0 Å². The number of hydrogen-bond donors (Lipinski definition) is 2. The van der Waals surface area contributed by atoms with Crippen molar-refractivity contribution in [3.63, 3.8) is 0 Å². The number of piperidine rings is 1. The van der Waals surface area contributed by atoms with Gasteiger partial charge in [0.1, 0.15) is 0 Å². The normalized spacial score (nSPS) is 27.5. The summed E-state index contributed by atoms with van der Waals surface area (Å²) < 4.78 is 0. The van der Waals surface area contributed by atoms with Crippen LogP contribution < -0.4 is 10.6 Å². The van der Waals surface area contributed by atoms with Gasteiger partial charge in [0, 0.05) is 31.6 Å². The molecule has 20 heavy (non-hydrogen) atoms. The molecule has 1 atom stereocenters. The number of amides is 1. The van der Waals surface area contributed by atoms with Gasteiger partial charge in [-0.2, -0.15) is 0 Å². The fourth-order valence-corrected chi connectivity index (χ4v) is 3.31. The van der Waals surface area contributed by atoms with Crippen molar-refractivity contribution in [2.75, 3.05) is 26.2 Å². The van der Waals surface area contributed by atoms with Crippen LogP contribution in [-0.4, -0.2) is 49.1 Å². The van der Waals surface area contributed by atoms with Crippen LogP contribution in [0.4, 0.5) is 0 Å². The SMILES string of the molecule is Cl.Cl.O=C(CC1CCNCC1)NC1CCN(C2CC2)C1. The van der Waals surface area contributed by atoms with Crippen LogP contribution in [0.3, 0.4) is 0 Å². The molecule has 3 rings (SSSR count). The Kier molecular flexibility index (Phi) is 7.59. The second-order valence-corrected chi connectivity index (χ2v) is 6.18. The van der Waals surface area contributed by atoms with E-state index in [1.54, 1.807) is 0 Å². The Morgan fingerprint density at radius 1 is 1.10 bits per heavy atom. The maximum atomic E-state index is 12.0. The molecule has 0 bridgehead atoms. The molecule has 1 amide bonds. The van der Waals surface area contributed by atoms with E-state index in [0.29, 0.717) is 12.0 Å². The van der Waals surface area contributed by atoms with Gasteiger partial charge < -0.3 is 10.6 Å². The van der Waals surface area contributed by atoms with Gasteiger partial charge in [0.2, 0.25) is 5.91 Å². The third-order valence-electron chi connectivity index (χ3n) is 4.58. The quantitative estimate of drug-likeness (QED) is 0.825. The lowest BCUT2D eigenvalue weighted by Gasteiger charge is -2.23. The monoisotopic (exact) mass is 323 g/mol. The smallest absolute Gasteiger partial charge is 0.220 e. The van der Waals surface area contributed by atoms with Crippen molar-refractivity contribution in [2.24, 2.45) is 5.92 Å². The zero-order valence-electron chi connectivity index (χ0n) is 12.0. The maximum Gasteiger partial charge on any atom is 0.220 e. The molecule has 0 spiro atoms. The Morgan fingerprint density at radius 3 is 2.45 bits per heavy atom. The molecule has 118 valence electrons. The van der Waals surface area contributed by atoms with E-state index in [-0.39, 0.29) is 30.7 Å². The predicted octanol–water partition coefficient (Wildman–Crippen LogP) is 1.57. The van der Waals surface area contributed by atoms with Gasteiger partial charge in [-0.05, 0) is 51.1 Å². The highest BCUT2D eigenvalue weighted by Crippen LogP contribution is 2.29. The molecular formula is C14H27Cl2N3O. The largest absolute Gasteiger partial charge is 0.352 e. The predicted molar refractivity (Wildman–Crippen MR) is 85.8 cm³/mol. The molecule has 0 aromatic rings. The number of halogens is 2. The molecular weight excluding hydrogens is 297 g/mol. The van der Waals surface area contributed by atoms with Gasteiger partial charge >= 0.3 is 0 Å². The van der Waals surface area contributed by atoms with Crippen molar-refractivity contribution in [3.05, 3.63) is 0 Å². The Hall–Kier alpha value is -0.0300. The van der Waals surface area contributed by atoms with Crippen LogP contribution in [0.2, 0.25) is 0 Å². The molecule has 4 nitrogen and oxygen atoms in total. The molecule has 3 fully saturated rings. The topological polar surface area (TPSA) is 44.4 Å². The summed E-state index contributed by atoms with van der Waals surface area (Å²) in [5.41, 5.74) is 0. The lowest BCUT2D eigenvalue weighted by Crippen LogP contribution is -2.39. The molecule has 2 aliphatic heterocycles. The van der Waals surface area contributed by atoms with Gasteiger partial charge in [-0.25, -0.2) is 0 Å². The minimum atomic E-state index is 0. The molecule has 0 radical (unpaired) electrons. The van der Waals surface area contributed by atoms with Crippen LogP contribution in [0, 0.1) is 5.92 Å². The van der Waals surface area contributed by atoms with Gasteiger partial charge in [-0.15, -0.1) is 24.8 Å². The summed E-state index contributed by atoms with van der Waals surface area (Å²) in [7, 11) is 0. The zero-order valence-corrected chi connectivity index (χ0v) is 13.6. The van der Waals surface area contributed by atoms with Crippen molar-refractivity contribution in [1.82, 2.24) is 15.5 Å². The lowest BCUT2D eigenvalue weighted by atomic mass is 9.94. The summed E-state index contributed by atoms with van der Waals surface area (Å²) in [4.78, 5) is 14.6. The fourth-order valence-electron chi connectivity index (χ4n) is 3.31. The van der Waals surface area contributed by atoms with E-state index in [2.05, 4.69) is 15.5 Å². The summed E-state index contributed by atoms with van der Waals surface area (Å²) in [6.07, 6.45) is 6.94. The van der Waals surface area contributed by atoms with E-state index >= 15 is 0 Å². The number of carbonyl (C=O) groups is 1. The van der Waals surface area contributed by atoms with E-state index in [4.69, 9.17) is 0 Å². The van der Waals surface area contributed by atoms with Gasteiger partial charge in [0.15, 0.2) is 0 Å². The van der Waals surface area contributed by atoms with E-state index in [1.807, 2.05) is 0 Å². The fraction of sp³-hybridized carbons (Fsp3) is 0.929. The second-order valence-electron chi connectivity index (χ2n) is 6.18. The summed E-state index contributed by atoms with van der Waals surface area (Å²) in [5.74, 6) is 0.886. The molecule has 1 saturated carbocycles. The highest BCUT2D eigenvalue weighted by molar-refractivity contribution is 5.85. The Labute approximate surface area is 134 Å². The number of rotatable bonds is 4. The van der Waals surface area contributed by atoms with Gasteiger partial charge in [-0.3, -0.25) is 9.69 Å². The van der Waals surface area contributed by atoms with E-state index < -0.39 is 0 Å².